The van der Waals surface area contributed by atoms with Crippen LogP contribution in [0.2, 0.25) is 0 Å². The normalized spacial score (nSPS) is 23.0. The topological polar surface area (TPSA) is 53.6 Å². The van der Waals surface area contributed by atoms with E-state index in [0.29, 0.717) is 25.1 Å². The Balaban J connectivity index is 0.00000169. The van der Waals surface area contributed by atoms with Crippen molar-refractivity contribution in [3.63, 3.8) is 0 Å². The third-order valence-electron chi connectivity index (χ3n) is 4.81. The van der Waals surface area contributed by atoms with Crippen molar-refractivity contribution in [3.05, 3.63) is 35.4 Å². The number of nitrogens with one attached hydrogen (secondary N) is 2. The Bertz CT molecular complexity index is 553. The summed E-state index contributed by atoms with van der Waals surface area (Å²) in [5.74, 6) is 0.141. The van der Waals surface area contributed by atoms with Gasteiger partial charge in [-0.05, 0) is 37.4 Å². The van der Waals surface area contributed by atoms with E-state index in [2.05, 4.69) is 46.7 Å². The van der Waals surface area contributed by atoms with Crippen LogP contribution in [0.1, 0.15) is 37.3 Å². The second kappa shape index (κ2) is 11.8. The summed E-state index contributed by atoms with van der Waals surface area (Å²) in [5.41, 5.74) is 2.47. The summed E-state index contributed by atoms with van der Waals surface area (Å²) in [7, 11) is 0. The summed E-state index contributed by atoms with van der Waals surface area (Å²) in [6, 6.07) is 8.89. The van der Waals surface area contributed by atoms with E-state index < -0.39 is 0 Å². The lowest BCUT2D eigenvalue weighted by Gasteiger charge is -2.31. The van der Waals surface area contributed by atoms with E-state index in [9.17, 15) is 4.79 Å². The first-order valence-corrected chi connectivity index (χ1v) is 9.11. The molecule has 1 aromatic rings. The smallest absolute Gasteiger partial charge is 0.221 e. The van der Waals surface area contributed by atoms with Crippen LogP contribution in [0, 0.1) is 0 Å². The predicted molar refractivity (Wildman–Crippen MR) is 109 cm³/mol. The number of rotatable bonds is 6. The van der Waals surface area contributed by atoms with Crippen LogP contribution in [-0.2, 0) is 22.6 Å². The average molecular weight is 404 g/mol. The first-order valence-electron chi connectivity index (χ1n) is 9.11. The molecule has 2 atom stereocenters. The lowest BCUT2D eigenvalue weighted by Crippen LogP contribution is -2.40. The van der Waals surface area contributed by atoms with E-state index in [1.807, 2.05) is 0 Å². The molecule has 0 aliphatic carbocycles. The molecule has 5 nitrogen and oxygen atoms in total. The summed E-state index contributed by atoms with van der Waals surface area (Å²) in [4.78, 5) is 14.5. The Kier molecular flexibility index (Phi) is 10.5. The quantitative estimate of drug-likeness (QED) is 0.765. The Labute approximate surface area is 169 Å². The van der Waals surface area contributed by atoms with Crippen molar-refractivity contribution < 1.29 is 9.53 Å². The van der Waals surface area contributed by atoms with Gasteiger partial charge in [-0.1, -0.05) is 24.3 Å². The molecule has 2 N–H and O–H groups in total. The van der Waals surface area contributed by atoms with Gasteiger partial charge in [-0.25, -0.2) is 0 Å². The molecular weight excluding hydrogens is 373 g/mol. The van der Waals surface area contributed by atoms with Gasteiger partial charge in [0.1, 0.15) is 0 Å². The molecule has 3 rings (SSSR count). The zero-order valence-electron chi connectivity index (χ0n) is 15.4. The third kappa shape index (κ3) is 7.41. The highest BCUT2D eigenvalue weighted by Crippen LogP contribution is 2.12. The van der Waals surface area contributed by atoms with Gasteiger partial charge in [0.2, 0.25) is 5.91 Å². The second-order valence-corrected chi connectivity index (χ2v) is 7.01. The van der Waals surface area contributed by atoms with Gasteiger partial charge in [0.25, 0.3) is 0 Å². The van der Waals surface area contributed by atoms with E-state index in [0.717, 1.165) is 39.2 Å². The highest BCUT2D eigenvalue weighted by Gasteiger charge is 2.18. The highest BCUT2D eigenvalue weighted by molar-refractivity contribution is 5.85. The molecule has 2 fully saturated rings. The van der Waals surface area contributed by atoms with Crippen LogP contribution >= 0.6 is 24.8 Å². The number of hydrogen-bond donors (Lipinski definition) is 2. The molecule has 26 heavy (non-hydrogen) atoms. The number of halogens is 2. The first-order chi connectivity index (χ1) is 11.7. The van der Waals surface area contributed by atoms with Gasteiger partial charge in [0.15, 0.2) is 0 Å². The number of carbonyl (C=O) groups is 1. The molecule has 2 aliphatic heterocycles. The zero-order valence-corrected chi connectivity index (χ0v) is 17.0. The van der Waals surface area contributed by atoms with E-state index in [1.165, 1.54) is 17.5 Å². The van der Waals surface area contributed by atoms with E-state index in [1.54, 1.807) is 0 Å². The SMILES string of the molecule is CC1CN(Cc2cccc(CNC(=O)CC3CCCN3)c2)CCO1.Cl.Cl. The largest absolute Gasteiger partial charge is 0.376 e. The summed E-state index contributed by atoms with van der Waals surface area (Å²) in [6.45, 7) is 7.50. The highest BCUT2D eigenvalue weighted by atomic mass is 35.5. The van der Waals surface area contributed by atoms with Crippen molar-refractivity contribution in [2.75, 3.05) is 26.2 Å². The van der Waals surface area contributed by atoms with Crippen molar-refractivity contribution in [2.24, 2.45) is 0 Å². The lowest BCUT2D eigenvalue weighted by molar-refractivity contribution is -0.121. The Morgan fingerprint density at radius 2 is 2.15 bits per heavy atom. The molecule has 7 heteroatoms. The number of benzene rings is 1. The standard InChI is InChI=1S/C19H29N3O2.2ClH/c1-15-13-22(8-9-24-15)14-17-5-2-4-16(10-17)12-21-19(23)11-18-6-3-7-20-18;;/h2,4-5,10,15,18,20H,3,6-9,11-14H2,1H3,(H,21,23);2*1H. The van der Waals surface area contributed by atoms with E-state index >= 15 is 0 Å². The summed E-state index contributed by atoms with van der Waals surface area (Å²) in [6.07, 6.45) is 3.19. The molecule has 2 aliphatic rings. The van der Waals surface area contributed by atoms with Crippen LogP contribution in [0.3, 0.4) is 0 Å². The molecule has 0 radical (unpaired) electrons. The third-order valence-corrected chi connectivity index (χ3v) is 4.81. The molecule has 2 saturated heterocycles. The predicted octanol–water partition coefficient (Wildman–Crippen LogP) is 2.51. The molecule has 1 aromatic carbocycles. The van der Waals surface area contributed by atoms with Gasteiger partial charge < -0.3 is 15.4 Å². The van der Waals surface area contributed by atoms with Crippen LogP contribution in [0.15, 0.2) is 24.3 Å². The number of morpholine rings is 1. The summed E-state index contributed by atoms with van der Waals surface area (Å²) >= 11 is 0. The van der Waals surface area contributed by atoms with Crippen molar-refractivity contribution >= 4 is 30.7 Å². The van der Waals surface area contributed by atoms with Crippen LogP contribution in [0.4, 0.5) is 0 Å². The maximum absolute atomic E-state index is 12.0. The number of hydrogen-bond acceptors (Lipinski definition) is 4. The fraction of sp³-hybridized carbons (Fsp3) is 0.632. The molecule has 0 aromatic heterocycles. The zero-order chi connectivity index (χ0) is 16.8. The average Bonchev–Trinajstić information content (AvgIpc) is 3.06. The fourth-order valence-corrected chi connectivity index (χ4v) is 3.56. The molecule has 0 saturated carbocycles. The fourth-order valence-electron chi connectivity index (χ4n) is 3.56. The molecule has 148 valence electrons. The van der Waals surface area contributed by atoms with Crippen LogP contribution in [-0.4, -0.2) is 49.2 Å². The maximum atomic E-state index is 12.0. The Hall–Kier alpha value is -0.850. The minimum atomic E-state index is 0. The maximum Gasteiger partial charge on any atom is 0.221 e. The molecule has 0 bridgehead atoms. The van der Waals surface area contributed by atoms with E-state index in [4.69, 9.17) is 4.74 Å². The summed E-state index contributed by atoms with van der Waals surface area (Å²) < 4.78 is 5.59. The molecule has 2 heterocycles. The van der Waals surface area contributed by atoms with Gasteiger partial charge in [-0.3, -0.25) is 9.69 Å². The van der Waals surface area contributed by atoms with Crippen molar-refractivity contribution in [3.8, 4) is 0 Å². The van der Waals surface area contributed by atoms with Crippen LogP contribution in [0.5, 0.6) is 0 Å². The van der Waals surface area contributed by atoms with E-state index in [-0.39, 0.29) is 30.7 Å². The monoisotopic (exact) mass is 403 g/mol. The van der Waals surface area contributed by atoms with Gasteiger partial charge >= 0.3 is 0 Å². The molecule has 2 unspecified atom stereocenters. The van der Waals surface area contributed by atoms with Crippen molar-refractivity contribution in [1.29, 1.82) is 0 Å². The van der Waals surface area contributed by atoms with Gasteiger partial charge in [0, 0.05) is 38.6 Å². The summed E-state index contributed by atoms with van der Waals surface area (Å²) in [5, 5.41) is 6.42. The van der Waals surface area contributed by atoms with Gasteiger partial charge in [0.05, 0.1) is 12.7 Å². The number of carbonyl (C=O) groups excluding carboxylic acids is 1. The minimum Gasteiger partial charge on any atom is -0.376 e. The first kappa shape index (κ1) is 23.2. The molecule has 0 spiro atoms. The molecule has 1 amide bonds. The minimum absolute atomic E-state index is 0. The van der Waals surface area contributed by atoms with Crippen LogP contribution in [0.25, 0.3) is 0 Å². The van der Waals surface area contributed by atoms with Crippen LogP contribution < -0.4 is 10.6 Å². The number of amides is 1. The van der Waals surface area contributed by atoms with Gasteiger partial charge in [-0.2, -0.15) is 0 Å². The van der Waals surface area contributed by atoms with Gasteiger partial charge in [-0.15, -0.1) is 24.8 Å². The van der Waals surface area contributed by atoms with Crippen molar-refractivity contribution in [1.82, 2.24) is 15.5 Å². The second-order valence-electron chi connectivity index (χ2n) is 7.01. The van der Waals surface area contributed by atoms with Crippen molar-refractivity contribution in [2.45, 2.75) is 51.4 Å². The Morgan fingerprint density at radius 1 is 1.35 bits per heavy atom. The molecular formula is C19H31Cl2N3O2. The number of nitrogens with zero attached hydrogens (tertiary/aromatic N) is 1. The Morgan fingerprint density at radius 3 is 2.88 bits per heavy atom. The number of ether oxygens (including phenoxy) is 1. The lowest BCUT2D eigenvalue weighted by atomic mass is 10.1.